The Morgan fingerprint density at radius 2 is 2.00 bits per heavy atom. The molecule has 0 saturated carbocycles. The molecule has 2 rings (SSSR count). The molecule has 2 nitrogen and oxygen atoms in total. The normalized spacial score (nSPS) is 30.0. The maximum absolute atomic E-state index is 3.41. The van der Waals surface area contributed by atoms with Crippen LogP contribution in [0.5, 0.6) is 0 Å². The minimum atomic E-state index is 0. The largest absolute Gasteiger partial charge is 0.314 e. The molecule has 0 aromatic heterocycles. The fourth-order valence-corrected chi connectivity index (χ4v) is 1.91. The number of rotatable bonds is 0. The zero-order valence-electron chi connectivity index (χ0n) is 6.58. The molecule has 1 atom stereocenters. The number of piperazine rings is 1. The molecule has 11 heavy (non-hydrogen) atoms. The van der Waals surface area contributed by atoms with Crippen LogP contribution in [-0.2, 0) is 0 Å². The summed E-state index contributed by atoms with van der Waals surface area (Å²) >= 11 is 0. The van der Waals surface area contributed by atoms with Gasteiger partial charge in [0.1, 0.15) is 0 Å². The Labute approximate surface area is 80.5 Å². The van der Waals surface area contributed by atoms with Gasteiger partial charge in [0.15, 0.2) is 0 Å². The van der Waals surface area contributed by atoms with Crippen molar-refractivity contribution in [2.75, 3.05) is 26.2 Å². The highest BCUT2D eigenvalue weighted by molar-refractivity contribution is 5.85. The number of halogens is 2. The third-order valence-electron chi connectivity index (χ3n) is 2.45. The standard InChI is InChI=1S/C7H14N2.2ClH/c1-2-7-6-8-3-5-9(7)4-1;;/h7-8H,1-6H2;2*1H. The van der Waals surface area contributed by atoms with E-state index in [-0.39, 0.29) is 24.8 Å². The van der Waals surface area contributed by atoms with Crippen molar-refractivity contribution >= 4 is 24.8 Å². The van der Waals surface area contributed by atoms with Gasteiger partial charge >= 0.3 is 0 Å². The Kier molecular flexibility index (Phi) is 5.44. The van der Waals surface area contributed by atoms with E-state index in [0.29, 0.717) is 0 Å². The van der Waals surface area contributed by atoms with Crippen molar-refractivity contribution in [2.45, 2.75) is 18.9 Å². The summed E-state index contributed by atoms with van der Waals surface area (Å²) in [5.74, 6) is 0. The molecule has 0 amide bonds. The third kappa shape index (κ3) is 2.48. The molecule has 4 heteroatoms. The lowest BCUT2D eigenvalue weighted by Crippen LogP contribution is -2.47. The summed E-state index contributed by atoms with van der Waals surface area (Å²) in [5, 5.41) is 3.41. The molecule has 1 unspecified atom stereocenters. The van der Waals surface area contributed by atoms with Gasteiger partial charge in [-0.05, 0) is 19.4 Å². The summed E-state index contributed by atoms with van der Waals surface area (Å²) in [5.41, 5.74) is 0. The molecule has 2 aliphatic heterocycles. The molecule has 0 aliphatic carbocycles. The van der Waals surface area contributed by atoms with E-state index in [2.05, 4.69) is 10.2 Å². The van der Waals surface area contributed by atoms with Crippen molar-refractivity contribution < 1.29 is 0 Å². The summed E-state index contributed by atoms with van der Waals surface area (Å²) in [7, 11) is 0. The molecule has 0 aromatic carbocycles. The van der Waals surface area contributed by atoms with Crippen LogP contribution in [0.25, 0.3) is 0 Å². The zero-order valence-corrected chi connectivity index (χ0v) is 8.22. The van der Waals surface area contributed by atoms with Gasteiger partial charge in [-0.25, -0.2) is 0 Å². The van der Waals surface area contributed by atoms with Gasteiger partial charge in [-0.2, -0.15) is 0 Å². The van der Waals surface area contributed by atoms with Crippen LogP contribution < -0.4 is 5.32 Å². The molecular weight excluding hydrogens is 183 g/mol. The smallest absolute Gasteiger partial charge is 0.0221 e. The quantitative estimate of drug-likeness (QED) is 0.623. The van der Waals surface area contributed by atoms with Crippen LogP contribution in [0.3, 0.4) is 0 Å². The Morgan fingerprint density at radius 1 is 1.18 bits per heavy atom. The Bertz CT molecular complexity index is 98.6. The molecule has 0 spiro atoms. The van der Waals surface area contributed by atoms with Crippen molar-refractivity contribution in [1.82, 2.24) is 10.2 Å². The Hall–Kier alpha value is 0.500. The van der Waals surface area contributed by atoms with E-state index in [9.17, 15) is 0 Å². The number of fused-ring (bicyclic) bond motifs is 1. The second-order valence-electron chi connectivity index (χ2n) is 3.04. The molecule has 2 aliphatic rings. The second-order valence-corrected chi connectivity index (χ2v) is 3.04. The molecule has 0 radical (unpaired) electrons. The molecular formula is C7H16Cl2N2. The third-order valence-corrected chi connectivity index (χ3v) is 2.45. The van der Waals surface area contributed by atoms with Crippen LogP contribution >= 0.6 is 24.8 Å². The number of nitrogens with zero attached hydrogens (tertiary/aromatic N) is 1. The Balaban J connectivity index is 0.000000500. The number of nitrogens with one attached hydrogen (secondary N) is 1. The average molecular weight is 199 g/mol. The SMILES string of the molecule is C1CC2CNCCN2C1.Cl.Cl. The average Bonchev–Trinajstić information content (AvgIpc) is 2.33. The highest BCUT2D eigenvalue weighted by Crippen LogP contribution is 2.17. The monoisotopic (exact) mass is 198 g/mol. The highest BCUT2D eigenvalue weighted by Gasteiger charge is 2.25. The van der Waals surface area contributed by atoms with Crippen LogP contribution in [0, 0.1) is 0 Å². The molecule has 0 aromatic rings. The van der Waals surface area contributed by atoms with Gasteiger partial charge in [0.25, 0.3) is 0 Å². The molecule has 1 N–H and O–H groups in total. The van der Waals surface area contributed by atoms with Gasteiger partial charge in [0, 0.05) is 25.7 Å². The maximum Gasteiger partial charge on any atom is 0.0221 e. The van der Waals surface area contributed by atoms with Crippen molar-refractivity contribution in [2.24, 2.45) is 0 Å². The summed E-state index contributed by atoms with van der Waals surface area (Å²) in [6.45, 7) is 5.08. The van der Waals surface area contributed by atoms with Crippen LogP contribution in [0.1, 0.15) is 12.8 Å². The van der Waals surface area contributed by atoms with Crippen LogP contribution in [0.2, 0.25) is 0 Å². The summed E-state index contributed by atoms with van der Waals surface area (Å²) in [4.78, 5) is 2.61. The van der Waals surface area contributed by atoms with Gasteiger partial charge < -0.3 is 5.32 Å². The van der Waals surface area contributed by atoms with Gasteiger partial charge in [0.2, 0.25) is 0 Å². The fourth-order valence-electron chi connectivity index (χ4n) is 1.91. The van der Waals surface area contributed by atoms with E-state index < -0.39 is 0 Å². The summed E-state index contributed by atoms with van der Waals surface area (Å²) in [6.07, 6.45) is 2.85. The lowest BCUT2D eigenvalue weighted by Gasteiger charge is -2.29. The van der Waals surface area contributed by atoms with Crippen LogP contribution in [0.4, 0.5) is 0 Å². The first-order valence-electron chi connectivity index (χ1n) is 3.91. The van der Waals surface area contributed by atoms with Crippen molar-refractivity contribution in [3.63, 3.8) is 0 Å². The first kappa shape index (κ1) is 11.5. The van der Waals surface area contributed by atoms with Crippen molar-refractivity contribution in [3.05, 3.63) is 0 Å². The topological polar surface area (TPSA) is 15.3 Å². The molecule has 2 heterocycles. The molecule has 68 valence electrons. The predicted octanol–water partition coefficient (Wildman–Crippen LogP) is 0.898. The van der Waals surface area contributed by atoms with Crippen molar-refractivity contribution in [3.8, 4) is 0 Å². The highest BCUT2D eigenvalue weighted by atomic mass is 35.5. The maximum atomic E-state index is 3.41. The first-order valence-corrected chi connectivity index (χ1v) is 3.91. The minimum Gasteiger partial charge on any atom is -0.314 e. The summed E-state index contributed by atoms with van der Waals surface area (Å²) in [6, 6.07) is 0.888. The van der Waals surface area contributed by atoms with Crippen LogP contribution in [-0.4, -0.2) is 37.1 Å². The summed E-state index contributed by atoms with van der Waals surface area (Å²) < 4.78 is 0. The van der Waals surface area contributed by atoms with Gasteiger partial charge in [-0.1, -0.05) is 0 Å². The lowest BCUT2D eigenvalue weighted by atomic mass is 10.2. The number of hydrogen-bond acceptors (Lipinski definition) is 2. The molecule has 2 fully saturated rings. The van der Waals surface area contributed by atoms with E-state index >= 15 is 0 Å². The molecule has 0 bridgehead atoms. The van der Waals surface area contributed by atoms with Crippen LogP contribution in [0.15, 0.2) is 0 Å². The van der Waals surface area contributed by atoms with E-state index in [4.69, 9.17) is 0 Å². The van der Waals surface area contributed by atoms with E-state index in [1.165, 1.54) is 39.0 Å². The van der Waals surface area contributed by atoms with Gasteiger partial charge in [-0.3, -0.25) is 4.90 Å². The van der Waals surface area contributed by atoms with Gasteiger partial charge in [0.05, 0.1) is 0 Å². The predicted molar refractivity (Wildman–Crippen MR) is 52.0 cm³/mol. The number of hydrogen-bond donors (Lipinski definition) is 1. The Morgan fingerprint density at radius 3 is 2.73 bits per heavy atom. The van der Waals surface area contributed by atoms with E-state index in [1.54, 1.807) is 0 Å². The van der Waals surface area contributed by atoms with Crippen molar-refractivity contribution in [1.29, 1.82) is 0 Å². The minimum absolute atomic E-state index is 0. The first-order chi connectivity index (χ1) is 4.47. The van der Waals surface area contributed by atoms with E-state index in [1.807, 2.05) is 0 Å². The molecule has 2 saturated heterocycles. The van der Waals surface area contributed by atoms with Gasteiger partial charge in [-0.15, -0.1) is 24.8 Å². The fraction of sp³-hybridized carbons (Fsp3) is 1.00. The second kappa shape index (κ2) is 5.20. The zero-order chi connectivity index (χ0) is 6.10. The lowest BCUT2D eigenvalue weighted by molar-refractivity contribution is 0.212. The van der Waals surface area contributed by atoms with E-state index in [0.717, 1.165) is 6.04 Å².